The Balaban J connectivity index is 2.76. The van der Waals surface area contributed by atoms with Crippen molar-refractivity contribution in [2.75, 3.05) is 6.61 Å². The smallest absolute Gasteiger partial charge is 0.122 e. The molecule has 1 aromatic carbocycles. The van der Waals surface area contributed by atoms with Crippen molar-refractivity contribution < 1.29 is 15.3 Å². The van der Waals surface area contributed by atoms with Crippen LogP contribution in [0.3, 0.4) is 0 Å². The second-order valence-corrected chi connectivity index (χ2v) is 6.46. The zero-order chi connectivity index (χ0) is 17.4. The number of rotatable bonds is 8. The van der Waals surface area contributed by atoms with Crippen LogP contribution in [0, 0.1) is 0 Å². The van der Waals surface area contributed by atoms with Crippen LogP contribution in [0.15, 0.2) is 52.0 Å². The first-order valence-corrected chi connectivity index (χ1v) is 8.51. The quantitative estimate of drug-likeness (QED) is 0.578. The molecular formula is C19H25BrO3. The monoisotopic (exact) mass is 380 g/mol. The van der Waals surface area contributed by atoms with Crippen LogP contribution in [0.1, 0.15) is 38.7 Å². The summed E-state index contributed by atoms with van der Waals surface area (Å²) in [6.07, 6.45) is 4.86. The average Bonchev–Trinajstić information content (AvgIpc) is 2.53. The average molecular weight is 381 g/mol. The van der Waals surface area contributed by atoms with Crippen LogP contribution >= 0.6 is 15.9 Å². The summed E-state index contributed by atoms with van der Waals surface area (Å²) < 4.78 is 0.904. The molecule has 4 heteroatoms. The third kappa shape index (κ3) is 6.34. The largest absolute Gasteiger partial charge is 0.507 e. The van der Waals surface area contributed by atoms with Crippen LogP contribution < -0.4 is 0 Å². The first kappa shape index (κ1) is 19.7. The van der Waals surface area contributed by atoms with Gasteiger partial charge in [-0.05, 0) is 55.5 Å². The molecule has 126 valence electrons. The molecule has 0 aromatic heterocycles. The number of allylic oxidation sites excluding steroid dienone is 1. The molecule has 0 bridgehead atoms. The third-order valence-corrected chi connectivity index (χ3v) is 4.20. The minimum absolute atomic E-state index is 0.105. The van der Waals surface area contributed by atoms with Gasteiger partial charge in [0.15, 0.2) is 0 Å². The minimum atomic E-state index is -0.644. The highest BCUT2D eigenvalue weighted by Gasteiger charge is 2.13. The summed E-state index contributed by atoms with van der Waals surface area (Å²) in [4.78, 5) is 0. The van der Waals surface area contributed by atoms with E-state index >= 15 is 0 Å². The van der Waals surface area contributed by atoms with E-state index in [9.17, 15) is 10.2 Å². The van der Waals surface area contributed by atoms with Crippen molar-refractivity contribution >= 4 is 22.0 Å². The molecule has 0 aliphatic rings. The van der Waals surface area contributed by atoms with Crippen LogP contribution in [0.5, 0.6) is 5.75 Å². The minimum Gasteiger partial charge on any atom is -0.507 e. The summed E-state index contributed by atoms with van der Waals surface area (Å²) in [6.45, 7) is 7.78. The highest BCUT2D eigenvalue weighted by atomic mass is 79.9. The lowest BCUT2D eigenvalue weighted by Crippen LogP contribution is -2.12. The van der Waals surface area contributed by atoms with E-state index in [1.54, 1.807) is 18.2 Å². The van der Waals surface area contributed by atoms with Gasteiger partial charge in [0, 0.05) is 10.0 Å². The van der Waals surface area contributed by atoms with E-state index in [1.807, 2.05) is 26.0 Å². The second-order valence-electron chi connectivity index (χ2n) is 5.55. The number of aliphatic hydroxyl groups excluding tert-OH is 2. The molecule has 1 unspecified atom stereocenters. The van der Waals surface area contributed by atoms with Crippen LogP contribution in [0.25, 0.3) is 6.08 Å². The third-order valence-electron chi connectivity index (χ3n) is 3.71. The van der Waals surface area contributed by atoms with Gasteiger partial charge in [0.25, 0.3) is 0 Å². The summed E-state index contributed by atoms with van der Waals surface area (Å²) in [7, 11) is 0. The summed E-state index contributed by atoms with van der Waals surface area (Å²) in [5.74, 6) is 0.230. The molecule has 0 amide bonds. The number of hydrogen-bond acceptors (Lipinski definition) is 3. The van der Waals surface area contributed by atoms with Gasteiger partial charge in [-0.3, -0.25) is 0 Å². The van der Waals surface area contributed by atoms with Crippen molar-refractivity contribution in [1.82, 2.24) is 0 Å². The summed E-state index contributed by atoms with van der Waals surface area (Å²) >= 11 is 3.39. The second kappa shape index (κ2) is 9.71. The molecule has 0 spiro atoms. The Morgan fingerprint density at radius 2 is 2.09 bits per heavy atom. The molecule has 23 heavy (non-hydrogen) atoms. The molecule has 0 radical (unpaired) electrons. The SMILES string of the molecule is C=C(CC)/C(=C/CO)C(O)CC/C(C)=C/c1cc(Br)ccc1O. The lowest BCUT2D eigenvalue weighted by molar-refractivity contribution is 0.201. The van der Waals surface area contributed by atoms with Gasteiger partial charge in [-0.25, -0.2) is 0 Å². The molecule has 1 atom stereocenters. The zero-order valence-corrected chi connectivity index (χ0v) is 15.3. The van der Waals surface area contributed by atoms with Crippen molar-refractivity contribution in [2.24, 2.45) is 0 Å². The number of aromatic hydroxyl groups is 1. The Kier molecular flexibility index (Phi) is 8.31. The zero-order valence-electron chi connectivity index (χ0n) is 13.7. The molecule has 1 rings (SSSR count). The Morgan fingerprint density at radius 3 is 2.70 bits per heavy atom. The lowest BCUT2D eigenvalue weighted by Gasteiger charge is -2.17. The predicted molar refractivity (Wildman–Crippen MR) is 99.3 cm³/mol. The fraction of sp³-hybridized carbons (Fsp3) is 0.368. The Morgan fingerprint density at radius 1 is 1.39 bits per heavy atom. The first-order chi connectivity index (χ1) is 10.9. The van der Waals surface area contributed by atoms with Gasteiger partial charge in [-0.2, -0.15) is 0 Å². The Bertz CT molecular complexity index is 603. The van der Waals surface area contributed by atoms with E-state index in [1.165, 1.54) is 0 Å². The molecule has 0 aliphatic heterocycles. The molecule has 0 fully saturated rings. The standard InChI is InChI=1S/C19H25BrO3/c1-4-14(3)17(9-10-21)19(23)7-5-13(2)11-15-12-16(20)6-8-18(15)22/h6,8-9,11-12,19,21-23H,3-5,7,10H2,1-2H3/b13-11+,17-9-. The van der Waals surface area contributed by atoms with Crippen LogP contribution in [0.4, 0.5) is 0 Å². The molecule has 0 saturated carbocycles. The van der Waals surface area contributed by atoms with Gasteiger partial charge < -0.3 is 15.3 Å². The van der Waals surface area contributed by atoms with E-state index in [4.69, 9.17) is 5.11 Å². The lowest BCUT2D eigenvalue weighted by atomic mass is 9.94. The molecule has 3 nitrogen and oxygen atoms in total. The van der Waals surface area contributed by atoms with E-state index < -0.39 is 6.10 Å². The molecule has 0 aliphatic carbocycles. The van der Waals surface area contributed by atoms with Crippen LogP contribution in [0.2, 0.25) is 0 Å². The molecular weight excluding hydrogens is 356 g/mol. The van der Waals surface area contributed by atoms with Crippen molar-refractivity contribution in [3.63, 3.8) is 0 Å². The van der Waals surface area contributed by atoms with E-state index in [-0.39, 0.29) is 12.4 Å². The van der Waals surface area contributed by atoms with Gasteiger partial charge in [0.05, 0.1) is 12.7 Å². The highest BCUT2D eigenvalue weighted by Crippen LogP contribution is 2.26. The van der Waals surface area contributed by atoms with Crippen LogP contribution in [-0.4, -0.2) is 28.0 Å². The van der Waals surface area contributed by atoms with Gasteiger partial charge in [-0.15, -0.1) is 0 Å². The molecule has 1 aromatic rings. The van der Waals surface area contributed by atoms with E-state index in [2.05, 4.69) is 22.5 Å². The number of halogens is 1. The number of phenols is 1. The van der Waals surface area contributed by atoms with Crippen molar-refractivity contribution in [1.29, 1.82) is 0 Å². The highest BCUT2D eigenvalue weighted by molar-refractivity contribution is 9.10. The van der Waals surface area contributed by atoms with Crippen molar-refractivity contribution in [2.45, 2.75) is 39.2 Å². The molecule has 3 N–H and O–H groups in total. The summed E-state index contributed by atoms with van der Waals surface area (Å²) in [6, 6.07) is 5.28. The number of benzene rings is 1. The fourth-order valence-corrected chi connectivity index (χ4v) is 2.70. The van der Waals surface area contributed by atoms with Crippen molar-refractivity contribution in [3.8, 4) is 5.75 Å². The topological polar surface area (TPSA) is 60.7 Å². The first-order valence-electron chi connectivity index (χ1n) is 7.71. The van der Waals surface area contributed by atoms with E-state index in [0.717, 1.165) is 27.6 Å². The maximum Gasteiger partial charge on any atom is 0.122 e. The molecule has 0 saturated heterocycles. The number of hydrogen-bond donors (Lipinski definition) is 3. The van der Waals surface area contributed by atoms with Gasteiger partial charge in [-0.1, -0.05) is 47.2 Å². The summed E-state index contributed by atoms with van der Waals surface area (Å²) in [5, 5.41) is 29.3. The summed E-state index contributed by atoms with van der Waals surface area (Å²) in [5.41, 5.74) is 3.37. The fourth-order valence-electron chi connectivity index (χ4n) is 2.32. The molecule has 0 heterocycles. The maximum absolute atomic E-state index is 10.3. The van der Waals surface area contributed by atoms with Gasteiger partial charge >= 0.3 is 0 Å². The predicted octanol–water partition coefficient (Wildman–Crippen LogP) is 4.58. The van der Waals surface area contributed by atoms with Crippen LogP contribution in [-0.2, 0) is 0 Å². The Labute approximate surface area is 146 Å². The Hall–Kier alpha value is -1.36. The maximum atomic E-state index is 10.3. The number of phenolic OH excluding ortho intramolecular Hbond substituents is 1. The van der Waals surface area contributed by atoms with Gasteiger partial charge in [0.1, 0.15) is 5.75 Å². The normalized spacial score (nSPS) is 14.0. The van der Waals surface area contributed by atoms with E-state index in [0.29, 0.717) is 18.4 Å². The van der Waals surface area contributed by atoms with Crippen molar-refractivity contribution in [3.05, 3.63) is 57.6 Å². The number of aliphatic hydroxyl groups is 2. The van der Waals surface area contributed by atoms with Gasteiger partial charge in [0.2, 0.25) is 0 Å².